The Morgan fingerprint density at radius 2 is 2.09 bits per heavy atom. The second-order valence-electron chi connectivity index (χ2n) is 2.75. The van der Waals surface area contributed by atoms with Crippen LogP contribution in [-0.2, 0) is 4.79 Å². The molecule has 1 atom stereocenters. The first-order valence-electron chi connectivity index (χ1n) is 4.14. The van der Waals surface area contributed by atoms with Gasteiger partial charge in [0, 0.05) is 13.6 Å². The molecule has 2 N–H and O–H groups in total. The minimum atomic E-state index is -0.301. The van der Waals surface area contributed by atoms with Crippen molar-refractivity contribution in [3.05, 3.63) is 0 Å². The van der Waals surface area contributed by atoms with Crippen molar-refractivity contribution in [2.75, 3.05) is 13.6 Å². The highest BCUT2D eigenvalue weighted by atomic mass is 16.2. The van der Waals surface area contributed by atoms with E-state index in [4.69, 9.17) is 5.73 Å². The van der Waals surface area contributed by atoms with E-state index in [1.54, 1.807) is 11.9 Å². The molecule has 0 aromatic carbocycles. The predicted molar refractivity (Wildman–Crippen MR) is 46.2 cm³/mol. The van der Waals surface area contributed by atoms with Crippen LogP contribution in [0.25, 0.3) is 0 Å². The van der Waals surface area contributed by atoms with Crippen molar-refractivity contribution >= 4 is 5.91 Å². The highest BCUT2D eigenvalue weighted by Gasteiger charge is 2.14. The maximum Gasteiger partial charge on any atom is 0.239 e. The van der Waals surface area contributed by atoms with E-state index in [1.165, 1.54) is 0 Å². The average Bonchev–Trinajstić information content (AvgIpc) is 2.02. The number of hydrogen-bond acceptors (Lipinski definition) is 2. The summed E-state index contributed by atoms with van der Waals surface area (Å²) in [6, 6.07) is -0.301. The first kappa shape index (κ1) is 10.4. The quantitative estimate of drug-likeness (QED) is 0.651. The fourth-order valence-corrected chi connectivity index (χ4v) is 0.873. The summed E-state index contributed by atoms with van der Waals surface area (Å²) in [6.45, 7) is 4.70. The Morgan fingerprint density at radius 1 is 1.55 bits per heavy atom. The lowest BCUT2D eigenvalue weighted by Crippen LogP contribution is -2.41. The summed E-state index contributed by atoms with van der Waals surface area (Å²) in [4.78, 5) is 12.9. The molecule has 0 aromatic heterocycles. The van der Waals surface area contributed by atoms with E-state index in [0.29, 0.717) is 0 Å². The van der Waals surface area contributed by atoms with Gasteiger partial charge in [-0.1, -0.05) is 13.3 Å². The van der Waals surface area contributed by atoms with E-state index >= 15 is 0 Å². The van der Waals surface area contributed by atoms with E-state index < -0.39 is 0 Å². The molecular formula is C8H18N2O. The molecule has 66 valence electrons. The molecule has 0 spiro atoms. The minimum absolute atomic E-state index is 0.0503. The Kier molecular flexibility index (Phi) is 4.86. The number of rotatable bonds is 4. The molecule has 3 nitrogen and oxygen atoms in total. The second kappa shape index (κ2) is 5.13. The van der Waals surface area contributed by atoms with Crippen LogP contribution in [0, 0.1) is 0 Å². The zero-order chi connectivity index (χ0) is 8.85. The number of carbonyl (C=O) groups excluding carboxylic acids is 1. The SMILES string of the molecule is CCCC(N)C(=O)N(C)CC. The van der Waals surface area contributed by atoms with Crippen molar-refractivity contribution in [2.24, 2.45) is 5.73 Å². The van der Waals surface area contributed by atoms with Gasteiger partial charge in [0.25, 0.3) is 0 Å². The maximum atomic E-state index is 11.3. The third kappa shape index (κ3) is 3.37. The van der Waals surface area contributed by atoms with Crippen molar-refractivity contribution < 1.29 is 4.79 Å². The molecule has 1 unspecified atom stereocenters. The lowest BCUT2D eigenvalue weighted by molar-refractivity contribution is -0.131. The lowest BCUT2D eigenvalue weighted by atomic mass is 10.1. The third-order valence-corrected chi connectivity index (χ3v) is 1.77. The van der Waals surface area contributed by atoms with Crippen LogP contribution in [0.1, 0.15) is 26.7 Å². The number of amides is 1. The first-order valence-corrected chi connectivity index (χ1v) is 4.14. The molecule has 3 heteroatoms. The third-order valence-electron chi connectivity index (χ3n) is 1.77. The first-order chi connectivity index (χ1) is 5.13. The highest BCUT2D eigenvalue weighted by molar-refractivity contribution is 5.81. The van der Waals surface area contributed by atoms with Gasteiger partial charge >= 0.3 is 0 Å². The van der Waals surface area contributed by atoms with Gasteiger partial charge in [0.2, 0.25) is 5.91 Å². The van der Waals surface area contributed by atoms with Gasteiger partial charge in [0.05, 0.1) is 6.04 Å². The van der Waals surface area contributed by atoms with Crippen LogP contribution in [0.4, 0.5) is 0 Å². The van der Waals surface area contributed by atoms with Gasteiger partial charge in [-0.3, -0.25) is 4.79 Å². The molecule has 0 aliphatic heterocycles. The van der Waals surface area contributed by atoms with Gasteiger partial charge in [0.1, 0.15) is 0 Å². The van der Waals surface area contributed by atoms with E-state index in [0.717, 1.165) is 19.4 Å². The predicted octanol–water partition coefficient (Wildman–Crippen LogP) is 0.592. The monoisotopic (exact) mass is 158 g/mol. The Morgan fingerprint density at radius 3 is 2.45 bits per heavy atom. The van der Waals surface area contributed by atoms with Crippen molar-refractivity contribution in [1.82, 2.24) is 4.90 Å². The fourth-order valence-electron chi connectivity index (χ4n) is 0.873. The second-order valence-corrected chi connectivity index (χ2v) is 2.75. The number of nitrogens with two attached hydrogens (primary N) is 1. The van der Waals surface area contributed by atoms with Crippen molar-refractivity contribution in [3.8, 4) is 0 Å². The molecule has 0 rings (SSSR count). The van der Waals surface area contributed by atoms with Crippen molar-refractivity contribution in [3.63, 3.8) is 0 Å². The molecule has 0 bridgehead atoms. The summed E-state index contributed by atoms with van der Waals surface area (Å²) < 4.78 is 0. The summed E-state index contributed by atoms with van der Waals surface area (Å²) >= 11 is 0. The lowest BCUT2D eigenvalue weighted by Gasteiger charge is -2.18. The smallest absolute Gasteiger partial charge is 0.239 e. The van der Waals surface area contributed by atoms with E-state index in [1.807, 2.05) is 13.8 Å². The highest BCUT2D eigenvalue weighted by Crippen LogP contribution is 1.97. The van der Waals surface area contributed by atoms with Gasteiger partial charge in [-0.2, -0.15) is 0 Å². The number of likely N-dealkylation sites (N-methyl/N-ethyl adjacent to an activating group) is 1. The van der Waals surface area contributed by atoms with Gasteiger partial charge in [-0.05, 0) is 13.3 Å². The Balaban J connectivity index is 3.81. The number of nitrogens with zero attached hydrogens (tertiary/aromatic N) is 1. The van der Waals surface area contributed by atoms with Gasteiger partial charge < -0.3 is 10.6 Å². The molecular weight excluding hydrogens is 140 g/mol. The number of hydrogen-bond donors (Lipinski definition) is 1. The van der Waals surface area contributed by atoms with Gasteiger partial charge in [-0.15, -0.1) is 0 Å². The summed E-state index contributed by atoms with van der Waals surface area (Å²) in [5.74, 6) is 0.0503. The van der Waals surface area contributed by atoms with Gasteiger partial charge in [0.15, 0.2) is 0 Å². The summed E-state index contributed by atoms with van der Waals surface area (Å²) in [6.07, 6.45) is 1.74. The van der Waals surface area contributed by atoms with Crippen LogP contribution < -0.4 is 5.73 Å². The van der Waals surface area contributed by atoms with Crippen molar-refractivity contribution in [2.45, 2.75) is 32.7 Å². The topological polar surface area (TPSA) is 46.3 Å². The molecule has 0 saturated carbocycles. The van der Waals surface area contributed by atoms with Crippen LogP contribution in [-0.4, -0.2) is 30.4 Å². The van der Waals surface area contributed by atoms with Gasteiger partial charge in [-0.25, -0.2) is 0 Å². The Hall–Kier alpha value is -0.570. The zero-order valence-electron chi connectivity index (χ0n) is 7.63. The Bertz CT molecular complexity index is 125. The zero-order valence-corrected chi connectivity index (χ0v) is 7.63. The van der Waals surface area contributed by atoms with E-state index in [-0.39, 0.29) is 11.9 Å². The van der Waals surface area contributed by atoms with Crippen LogP contribution in [0.3, 0.4) is 0 Å². The molecule has 0 saturated heterocycles. The Labute approximate surface area is 68.6 Å². The van der Waals surface area contributed by atoms with Crippen LogP contribution in [0.2, 0.25) is 0 Å². The fraction of sp³-hybridized carbons (Fsp3) is 0.875. The normalized spacial score (nSPS) is 12.7. The largest absolute Gasteiger partial charge is 0.345 e. The summed E-state index contributed by atoms with van der Waals surface area (Å²) in [7, 11) is 1.78. The minimum Gasteiger partial charge on any atom is -0.345 e. The summed E-state index contributed by atoms with van der Waals surface area (Å²) in [5.41, 5.74) is 5.61. The van der Waals surface area contributed by atoms with Crippen LogP contribution >= 0.6 is 0 Å². The average molecular weight is 158 g/mol. The molecule has 1 amide bonds. The van der Waals surface area contributed by atoms with E-state index in [2.05, 4.69) is 0 Å². The van der Waals surface area contributed by atoms with Crippen LogP contribution in [0.15, 0.2) is 0 Å². The van der Waals surface area contributed by atoms with Crippen LogP contribution in [0.5, 0.6) is 0 Å². The maximum absolute atomic E-state index is 11.3. The number of carbonyl (C=O) groups is 1. The molecule has 0 aliphatic rings. The molecule has 0 aliphatic carbocycles. The van der Waals surface area contributed by atoms with Crippen molar-refractivity contribution in [1.29, 1.82) is 0 Å². The molecule has 0 aromatic rings. The summed E-state index contributed by atoms with van der Waals surface area (Å²) in [5, 5.41) is 0. The molecule has 11 heavy (non-hydrogen) atoms. The molecule has 0 radical (unpaired) electrons. The standard InChI is InChI=1S/C8H18N2O/c1-4-6-7(9)8(11)10(3)5-2/h7H,4-6,9H2,1-3H3. The molecule has 0 heterocycles. The molecule has 0 fully saturated rings. The van der Waals surface area contributed by atoms with E-state index in [9.17, 15) is 4.79 Å².